The number of thiocarbonyl (C=S) groups is 1. The summed E-state index contributed by atoms with van der Waals surface area (Å²) in [6, 6.07) is 21.2. The zero-order chi connectivity index (χ0) is 29.2. The fourth-order valence-electron chi connectivity index (χ4n) is 4.10. The fraction of sp³-hybridized carbons (Fsp3) is 0.200. The van der Waals surface area contributed by atoms with E-state index in [4.69, 9.17) is 38.0 Å². The van der Waals surface area contributed by atoms with Gasteiger partial charge >= 0.3 is 5.97 Å². The number of esters is 1. The van der Waals surface area contributed by atoms with Crippen LogP contribution in [0, 0.1) is 0 Å². The van der Waals surface area contributed by atoms with E-state index in [-0.39, 0.29) is 19.8 Å². The smallest absolute Gasteiger partial charge is 0.338 e. The van der Waals surface area contributed by atoms with Gasteiger partial charge in [0, 0.05) is 27.4 Å². The molecule has 1 atom stereocenters. The van der Waals surface area contributed by atoms with Crippen LogP contribution in [0.3, 0.4) is 0 Å². The van der Waals surface area contributed by atoms with E-state index in [1.807, 2.05) is 42.5 Å². The van der Waals surface area contributed by atoms with Crippen molar-refractivity contribution in [1.82, 2.24) is 16.1 Å². The number of nitrogens with zero attached hydrogens (tertiary/aromatic N) is 1. The molecule has 0 saturated heterocycles. The summed E-state index contributed by atoms with van der Waals surface area (Å²) in [5, 5.41) is 11.1. The SMILES string of the molecule is CCOC(=O)C1=C(C)NC(=S)N[C@H]1c1ccccc1OCC(=O)NN=Cc1ccccc1OCc1ccccc1Cl. The Hall–Kier alpha value is -4.41. The molecule has 9 nitrogen and oxygen atoms in total. The van der Waals surface area contributed by atoms with Gasteiger partial charge in [0.05, 0.1) is 24.4 Å². The normalized spacial score (nSPS) is 14.7. The van der Waals surface area contributed by atoms with Crippen LogP contribution in [0.25, 0.3) is 0 Å². The van der Waals surface area contributed by atoms with Gasteiger partial charge in [0.1, 0.15) is 18.1 Å². The topological polar surface area (TPSA) is 110 Å². The number of carbonyl (C=O) groups excluding carboxylic acids is 2. The molecule has 0 saturated carbocycles. The number of rotatable bonds is 11. The quantitative estimate of drug-likeness (QED) is 0.126. The first-order valence-corrected chi connectivity index (χ1v) is 13.6. The molecule has 0 unspecified atom stereocenters. The summed E-state index contributed by atoms with van der Waals surface area (Å²) in [7, 11) is 0. The number of carbonyl (C=O) groups is 2. The second-order valence-electron chi connectivity index (χ2n) is 8.83. The molecule has 1 amide bonds. The summed E-state index contributed by atoms with van der Waals surface area (Å²) < 4.78 is 17.0. The molecule has 0 aliphatic carbocycles. The van der Waals surface area contributed by atoms with Gasteiger partial charge < -0.3 is 24.8 Å². The Morgan fingerprint density at radius 3 is 2.51 bits per heavy atom. The van der Waals surface area contributed by atoms with Gasteiger partial charge in [0.25, 0.3) is 5.91 Å². The number of hydrazone groups is 1. The Morgan fingerprint density at radius 1 is 1.02 bits per heavy atom. The number of allylic oxidation sites excluding steroid dienone is 1. The van der Waals surface area contributed by atoms with E-state index < -0.39 is 17.9 Å². The highest BCUT2D eigenvalue weighted by Gasteiger charge is 2.32. The minimum Gasteiger partial charge on any atom is -0.488 e. The fourth-order valence-corrected chi connectivity index (χ4v) is 4.56. The Morgan fingerprint density at radius 2 is 1.73 bits per heavy atom. The maximum atomic E-state index is 12.7. The van der Waals surface area contributed by atoms with Gasteiger partial charge in [0.15, 0.2) is 11.7 Å². The van der Waals surface area contributed by atoms with Gasteiger partial charge in [-0.15, -0.1) is 0 Å². The lowest BCUT2D eigenvalue weighted by Crippen LogP contribution is -2.45. The van der Waals surface area contributed by atoms with Gasteiger partial charge in [-0.1, -0.05) is 60.1 Å². The van der Waals surface area contributed by atoms with Crippen molar-refractivity contribution in [2.24, 2.45) is 5.10 Å². The molecule has 3 aromatic carbocycles. The standard InChI is InChI=1S/C30H29ClN4O5S/c1-3-38-29(37)27-19(2)33-30(41)34-28(27)22-12-6-9-15-25(22)40-18-26(36)35-32-16-20-10-5-8-14-24(20)39-17-21-11-4-7-13-23(21)31/h4-16,28H,3,17-18H2,1-2H3,(H,35,36)(H2,33,34,41)/t28-/m0/s1. The minimum absolute atomic E-state index is 0.226. The third-order valence-corrected chi connectivity index (χ3v) is 6.59. The zero-order valence-corrected chi connectivity index (χ0v) is 24.1. The van der Waals surface area contributed by atoms with Crippen molar-refractivity contribution in [1.29, 1.82) is 0 Å². The molecule has 212 valence electrons. The Labute approximate surface area is 248 Å². The molecule has 3 aromatic rings. The van der Waals surface area contributed by atoms with Gasteiger partial charge in [-0.25, -0.2) is 10.2 Å². The molecule has 1 heterocycles. The van der Waals surface area contributed by atoms with E-state index in [0.29, 0.717) is 44.0 Å². The van der Waals surface area contributed by atoms with Crippen LogP contribution in [0.15, 0.2) is 89.2 Å². The molecule has 0 bridgehead atoms. The van der Waals surface area contributed by atoms with Crippen LogP contribution in [-0.2, 0) is 20.9 Å². The number of para-hydroxylation sites is 2. The molecule has 0 spiro atoms. The predicted octanol–water partition coefficient (Wildman–Crippen LogP) is 4.80. The highest BCUT2D eigenvalue weighted by molar-refractivity contribution is 7.80. The number of ether oxygens (including phenoxy) is 3. The van der Waals surface area contributed by atoms with Crippen molar-refractivity contribution in [3.63, 3.8) is 0 Å². The summed E-state index contributed by atoms with van der Waals surface area (Å²) in [5.41, 5.74) is 5.58. The number of halogens is 1. The molecule has 41 heavy (non-hydrogen) atoms. The molecule has 1 aliphatic heterocycles. The highest BCUT2D eigenvalue weighted by atomic mass is 35.5. The van der Waals surface area contributed by atoms with Crippen molar-refractivity contribution in [3.8, 4) is 11.5 Å². The summed E-state index contributed by atoms with van der Waals surface area (Å²) in [6.45, 7) is 3.69. The summed E-state index contributed by atoms with van der Waals surface area (Å²) in [4.78, 5) is 25.3. The average molecular weight is 593 g/mol. The van der Waals surface area contributed by atoms with Crippen LogP contribution in [0.2, 0.25) is 5.02 Å². The van der Waals surface area contributed by atoms with Gasteiger partial charge in [-0.3, -0.25) is 4.79 Å². The maximum Gasteiger partial charge on any atom is 0.338 e. The lowest BCUT2D eigenvalue weighted by atomic mass is 9.95. The van der Waals surface area contributed by atoms with Crippen molar-refractivity contribution in [2.45, 2.75) is 26.5 Å². The second kappa shape index (κ2) is 14.3. The number of benzene rings is 3. The number of nitrogens with one attached hydrogen (secondary N) is 3. The average Bonchev–Trinajstić information content (AvgIpc) is 2.96. The Kier molecular flexibility index (Phi) is 10.3. The summed E-state index contributed by atoms with van der Waals surface area (Å²) in [6.07, 6.45) is 1.49. The van der Waals surface area contributed by atoms with Crippen LogP contribution >= 0.6 is 23.8 Å². The first kappa shape index (κ1) is 29.6. The Bertz CT molecular complexity index is 1490. The zero-order valence-electron chi connectivity index (χ0n) is 22.5. The number of amides is 1. The van der Waals surface area contributed by atoms with Crippen LogP contribution in [0.5, 0.6) is 11.5 Å². The largest absolute Gasteiger partial charge is 0.488 e. The minimum atomic E-state index is -0.623. The van der Waals surface area contributed by atoms with Crippen molar-refractivity contribution in [3.05, 3.63) is 106 Å². The van der Waals surface area contributed by atoms with Crippen LogP contribution in [-0.4, -0.2) is 36.4 Å². The van der Waals surface area contributed by atoms with E-state index in [9.17, 15) is 9.59 Å². The molecular weight excluding hydrogens is 564 g/mol. The lowest BCUT2D eigenvalue weighted by Gasteiger charge is -2.30. The third-order valence-electron chi connectivity index (χ3n) is 6.01. The summed E-state index contributed by atoms with van der Waals surface area (Å²) >= 11 is 11.5. The molecule has 1 aliphatic rings. The van der Waals surface area contributed by atoms with Gasteiger partial charge in [-0.05, 0) is 50.3 Å². The van der Waals surface area contributed by atoms with Crippen molar-refractivity contribution >= 4 is 47.0 Å². The Balaban J connectivity index is 1.39. The number of hydrogen-bond donors (Lipinski definition) is 3. The van der Waals surface area contributed by atoms with Crippen molar-refractivity contribution in [2.75, 3.05) is 13.2 Å². The van der Waals surface area contributed by atoms with Gasteiger partial charge in [-0.2, -0.15) is 5.10 Å². The van der Waals surface area contributed by atoms with E-state index in [2.05, 4.69) is 21.2 Å². The van der Waals surface area contributed by atoms with E-state index in [1.54, 1.807) is 44.2 Å². The van der Waals surface area contributed by atoms with Crippen LogP contribution in [0.4, 0.5) is 0 Å². The lowest BCUT2D eigenvalue weighted by molar-refractivity contribution is -0.139. The predicted molar refractivity (Wildman–Crippen MR) is 161 cm³/mol. The molecule has 0 fully saturated rings. The molecule has 11 heteroatoms. The van der Waals surface area contributed by atoms with E-state index in [0.717, 1.165) is 5.56 Å². The second-order valence-corrected chi connectivity index (χ2v) is 9.64. The summed E-state index contributed by atoms with van der Waals surface area (Å²) in [5.74, 6) is 0.0395. The molecule has 0 radical (unpaired) electrons. The highest BCUT2D eigenvalue weighted by Crippen LogP contribution is 2.33. The first-order chi connectivity index (χ1) is 19.9. The molecule has 4 rings (SSSR count). The van der Waals surface area contributed by atoms with Gasteiger partial charge in [0.2, 0.25) is 0 Å². The monoisotopic (exact) mass is 592 g/mol. The maximum absolute atomic E-state index is 12.7. The van der Waals surface area contributed by atoms with Crippen LogP contribution < -0.4 is 25.5 Å². The third kappa shape index (κ3) is 7.84. The van der Waals surface area contributed by atoms with E-state index in [1.165, 1.54) is 6.21 Å². The first-order valence-electron chi connectivity index (χ1n) is 12.8. The van der Waals surface area contributed by atoms with E-state index >= 15 is 0 Å². The van der Waals surface area contributed by atoms with Crippen LogP contribution in [0.1, 0.15) is 36.6 Å². The van der Waals surface area contributed by atoms with Crippen molar-refractivity contribution < 1.29 is 23.8 Å². The number of hydrogen-bond acceptors (Lipinski definition) is 7. The molecule has 0 aromatic heterocycles. The molecular formula is C30H29ClN4O5S. The molecule has 3 N–H and O–H groups in total.